The number of methoxy groups -OCH3 is 1. The maximum absolute atomic E-state index is 13.4. The van der Waals surface area contributed by atoms with Crippen molar-refractivity contribution in [1.82, 2.24) is 10.2 Å². The lowest BCUT2D eigenvalue weighted by molar-refractivity contribution is -0.139. The molecule has 0 spiro atoms. The molecule has 1 N–H and O–H groups in total. The van der Waals surface area contributed by atoms with Crippen molar-refractivity contribution in [1.29, 1.82) is 0 Å². The quantitative estimate of drug-likeness (QED) is 0.442. The van der Waals surface area contributed by atoms with Crippen molar-refractivity contribution < 1.29 is 22.7 Å². The summed E-state index contributed by atoms with van der Waals surface area (Å²) >= 11 is 6.19. The van der Waals surface area contributed by atoms with Gasteiger partial charge in [-0.25, -0.2) is 8.42 Å². The Kier molecular flexibility index (Phi) is 10.2. The molecule has 8 nitrogen and oxygen atoms in total. The summed E-state index contributed by atoms with van der Waals surface area (Å²) in [5.41, 5.74) is 1.05. The molecule has 0 bridgehead atoms. The van der Waals surface area contributed by atoms with E-state index in [9.17, 15) is 18.0 Å². The molecular formula is C24H32ClN3O5S. The number of halogens is 1. The molecule has 0 aliphatic heterocycles. The normalized spacial score (nSPS) is 12.0. The first-order chi connectivity index (χ1) is 16.1. The number of rotatable bonds is 12. The van der Waals surface area contributed by atoms with Gasteiger partial charge in [0.25, 0.3) is 0 Å². The standard InChI is InChI=1S/C24H32ClN3O5S/c1-5-6-14-26-24(30)18(2)27(16-19-10-8-7-9-11-19)23(29)17-28(34(4,31)32)20-12-13-22(33-3)21(25)15-20/h7-13,15,18H,5-6,14,16-17H2,1-4H3,(H,26,30). The molecule has 2 rings (SSSR count). The first-order valence-electron chi connectivity index (χ1n) is 11.0. The molecule has 2 aromatic carbocycles. The van der Waals surface area contributed by atoms with E-state index in [-0.39, 0.29) is 23.2 Å². The molecule has 2 amide bonds. The lowest BCUT2D eigenvalue weighted by Crippen LogP contribution is -2.51. The second-order valence-electron chi connectivity index (χ2n) is 7.92. The van der Waals surface area contributed by atoms with E-state index in [4.69, 9.17) is 16.3 Å². The van der Waals surface area contributed by atoms with Crippen molar-refractivity contribution in [2.24, 2.45) is 0 Å². The van der Waals surface area contributed by atoms with E-state index in [1.807, 2.05) is 37.3 Å². The molecule has 10 heteroatoms. The summed E-state index contributed by atoms with van der Waals surface area (Å²) in [6, 6.07) is 12.9. The summed E-state index contributed by atoms with van der Waals surface area (Å²) in [5.74, 6) is -0.427. The number of nitrogens with one attached hydrogen (secondary N) is 1. The minimum atomic E-state index is -3.83. The van der Waals surface area contributed by atoms with Crippen LogP contribution in [0.3, 0.4) is 0 Å². The summed E-state index contributed by atoms with van der Waals surface area (Å²) < 4.78 is 31.3. The van der Waals surface area contributed by atoms with E-state index in [1.54, 1.807) is 6.92 Å². The molecule has 0 saturated heterocycles. The Morgan fingerprint density at radius 2 is 1.82 bits per heavy atom. The van der Waals surface area contributed by atoms with Gasteiger partial charge in [-0.3, -0.25) is 13.9 Å². The highest BCUT2D eigenvalue weighted by molar-refractivity contribution is 7.92. The second kappa shape index (κ2) is 12.6. The molecule has 0 fully saturated rings. The van der Waals surface area contributed by atoms with Crippen molar-refractivity contribution in [2.45, 2.75) is 39.3 Å². The summed E-state index contributed by atoms with van der Waals surface area (Å²) in [6.07, 6.45) is 2.76. The van der Waals surface area contributed by atoms with Crippen LogP contribution in [0, 0.1) is 0 Å². The number of benzene rings is 2. The summed E-state index contributed by atoms with van der Waals surface area (Å²) in [6.45, 7) is 3.83. The Hall–Kier alpha value is -2.78. The summed E-state index contributed by atoms with van der Waals surface area (Å²) in [7, 11) is -2.38. The lowest BCUT2D eigenvalue weighted by atomic mass is 10.1. The van der Waals surface area contributed by atoms with Gasteiger partial charge in [0.2, 0.25) is 21.8 Å². The Labute approximate surface area is 206 Å². The predicted molar refractivity (Wildman–Crippen MR) is 135 cm³/mol. The highest BCUT2D eigenvalue weighted by Gasteiger charge is 2.30. The largest absolute Gasteiger partial charge is 0.495 e. The van der Waals surface area contributed by atoms with Gasteiger partial charge in [0.05, 0.1) is 24.1 Å². The maximum atomic E-state index is 13.4. The van der Waals surface area contributed by atoms with Gasteiger partial charge in [-0.05, 0) is 37.1 Å². The molecule has 2 aromatic rings. The number of hydrogen-bond acceptors (Lipinski definition) is 5. The SMILES string of the molecule is CCCCNC(=O)C(C)N(Cc1ccccc1)C(=O)CN(c1ccc(OC)c(Cl)c1)S(C)(=O)=O. The number of nitrogens with zero attached hydrogens (tertiary/aromatic N) is 2. The van der Waals surface area contributed by atoms with E-state index >= 15 is 0 Å². The number of carbonyl (C=O) groups excluding carboxylic acids is 2. The Balaban J connectivity index is 2.35. The molecule has 0 heterocycles. The number of ether oxygens (including phenoxy) is 1. The van der Waals surface area contributed by atoms with E-state index in [2.05, 4.69) is 5.32 Å². The fourth-order valence-corrected chi connectivity index (χ4v) is 4.42. The smallest absolute Gasteiger partial charge is 0.244 e. The van der Waals surface area contributed by atoms with Gasteiger partial charge in [-0.1, -0.05) is 55.3 Å². The fourth-order valence-electron chi connectivity index (χ4n) is 3.32. The maximum Gasteiger partial charge on any atom is 0.244 e. The van der Waals surface area contributed by atoms with Crippen molar-refractivity contribution in [3.63, 3.8) is 0 Å². The molecule has 1 unspecified atom stereocenters. The van der Waals surface area contributed by atoms with Crippen molar-refractivity contribution in [3.05, 3.63) is 59.1 Å². The number of anilines is 1. The molecular weight excluding hydrogens is 478 g/mol. The van der Waals surface area contributed by atoms with Gasteiger partial charge in [0.1, 0.15) is 18.3 Å². The number of hydrogen-bond donors (Lipinski definition) is 1. The van der Waals surface area contributed by atoms with Crippen LogP contribution in [-0.2, 0) is 26.2 Å². The Morgan fingerprint density at radius 1 is 1.15 bits per heavy atom. The third kappa shape index (κ3) is 7.63. The third-order valence-electron chi connectivity index (χ3n) is 5.30. The van der Waals surface area contributed by atoms with Crippen LogP contribution in [0.1, 0.15) is 32.3 Å². The molecule has 186 valence electrons. The Bertz CT molecular complexity index is 1080. The number of amides is 2. The third-order valence-corrected chi connectivity index (χ3v) is 6.73. The number of carbonyl (C=O) groups is 2. The minimum absolute atomic E-state index is 0.156. The van der Waals surface area contributed by atoms with E-state index in [0.717, 1.165) is 29.0 Å². The molecule has 0 aliphatic carbocycles. The highest BCUT2D eigenvalue weighted by Crippen LogP contribution is 2.30. The summed E-state index contributed by atoms with van der Waals surface area (Å²) in [4.78, 5) is 27.6. The van der Waals surface area contributed by atoms with Crippen LogP contribution in [-0.4, -0.2) is 57.6 Å². The van der Waals surface area contributed by atoms with Crippen LogP contribution < -0.4 is 14.4 Å². The average molecular weight is 510 g/mol. The average Bonchev–Trinajstić information content (AvgIpc) is 2.80. The zero-order chi connectivity index (χ0) is 25.3. The van der Waals surface area contributed by atoms with Crippen LogP contribution in [0.2, 0.25) is 5.02 Å². The van der Waals surface area contributed by atoms with Crippen LogP contribution in [0.4, 0.5) is 5.69 Å². The van der Waals surface area contributed by atoms with Crippen molar-refractivity contribution in [2.75, 3.05) is 30.8 Å². The van der Waals surface area contributed by atoms with Gasteiger partial charge in [0.15, 0.2) is 0 Å². The van der Waals surface area contributed by atoms with Gasteiger partial charge in [0, 0.05) is 13.1 Å². The monoisotopic (exact) mass is 509 g/mol. The molecule has 34 heavy (non-hydrogen) atoms. The highest BCUT2D eigenvalue weighted by atomic mass is 35.5. The van der Waals surface area contributed by atoms with Crippen molar-refractivity contribution >= 4 is 39.1 Å². The number of unbranched alkanes of at least 4 members (excludes halogenated alkanes) is 1. The zero-order valence-electron chi connectivity index (χ0n) is 20.0. The van der Waals surface area contributed by atoms with Gasteiger partial charge < -0.3 is 15.0 Å². The van der Waals surface area contributed by atoms with E-state index in [1.165, 1.54) is 30.2 Å². The first-order valence-corrected chi connectivity index (χ1v) is 13.2. The zero-order valence-corrected chi connectivity index (χ0v) is 21.5. The Morgan fingerprint density at radius 3 is 2.38 bits per heavy atom. The summed E-state index contributed by atoms with van der Waals surface area (Å²) in [5, 5.41) is 3.06. The van der Waals surface area contributed by atoms with E-state index in [0.29, 0.717) is 12.3 Å². The predicted octanol–water partition coefficient (Wildman–Crippen LogP) is 3.45. The minimum Gasteiger partial charge on any atom is -0.495 e. The van der Waals surface area contributed by atoms with Crippen molar-refractivity contribution in [3.8, 4) is 5.75 Å². The van der Waals surface area contributed by atoms with Crippen LogP contribution in [0.5, 0.6) is 5.75 Å². The molecule has 0 aromatic heterocycles. The van der Waals surface area contributed by atoms with Gasteiger partial charge in [-0.2, -0.15) is 0 Å². The molecule has 0 saturated carbocycles. The van der Waals surface area contributed by atoms with Crippen LogP contribution >= 0.6 is 11.6 Å². The van der Waals surface area contributed by atoms with E-state index < -0.39 is 28.5 Å². The van der Waals surface area contributed by atoms with Crippen LogP contribution in [0.25, 0.3) is 0 Å². The fraction of sp³-hybridized carbons (Fsp3) is 0.417. The van der Waals surface area contributed by atoms with Gasteiger partial charge in [-0.15, -0.1) is 0 Å². The lowest BCUT2D eigenvalue weighted by Gasteiger charge is -2.31. The van der Waals surface area contributed by atoms with Gasteiger partial charge >= 0.3 is 0 Å². The second-order valence-corrected chi connectivity index (χ2v) is 10.2. The molecule has 0 aliphatic rings. The first kappa shape index (κ1) is 27.5. The molecule has 1 atom stereocenters. The topological polar surface area (TPSA) is 96.0 Å². The number of sulfonamides is 1. The van der Waals surface area contributed by atoms with Crippen LogP contribution in [0.15, 0.2) is 48.5 Å². The molecule has 0 radical (unpaired) electrons.